The molecule has 2 aliphatic rings. The van der Waals surface area contributed by atoms with E-state index in [0.29, 0.717) is 25.0 Å². The quantitative estimate of drug-likeness (QED) is 0.928. The fourth-order valence-corrected chi connectivity index (χ4v) is 4.96. The molecule has 2 saturated heterocycles. The first-order valence-corrected chi connectivity index (χ1v) is 9.01. The highest BCUT2D eigenvalue weighted by Gasteiger charge is 2.34. The fraction of sp³-hybridized carbons (Fsp3) is 0.600. The highest BCUT2D eigenvalue weighted by atomic mass is 32.2. The normalized spacial score (nSPS) is 25.3. The molecule has 21 heavy (non-hydrogen) atoms. The Bertz CT molecular complexity index is 591. The summed E-state index contributed by atoms with van der Waals surface area (Å²) in [5.41, 5.74) is 0. The van der Waals surface area contributed by atoms with Crippen LogP contribution in [0, 0.1) is 11.7 Å². The monoisotopic (exact) mass is 312 g/mol. The summed E-state index contributed by atoms with van der Waals surface area (Å²) in [6.45, 7) is 2.04. The first-order chi connectivity index (χ1) is 10.1. The van der Waals surface area contributed by atoms with Crippen LogP contribution in [0.1, 0.15) is 25.7 Å². The molecule has 3 rings (SSSR count). The van der Waals surface area contributed by atoms with E-state index in [2.05, 4.69) is 5.32 Å². The highest BCUT2D eigenvalue weighted by Crippen LogP contribution is 2.29. The maximum absolute atomic E-state index is 13.7. The molecule has 1 aromatic rings. The van der Waals surface area contributed by atoms with Gasteiger partial charge in [0.05, 0.1) is 0 Å². The van der Waals surface area contributed by atoms with Gasteiger partial charge in [0, 0.05) is 19.1 Å². The van der Waals surface area contributed by atoms with Gasteiger partial charge in [-0.25, -0.2) is 12.8 Å². The molecule has 0 spiro atoms. The molecule has 1 N–H and O–H groups in total. The lowest BCUT2D eigenvalue weighted by Crippen LogP contribution is -2.43. The average Bonchev–Trinajstić information content (AvgIpc) is 3.02. The van der Waals surface area contributed by atoms with Crippen molar-refractivity contribution in [3.05, 3.63) is 30.1 Å². The molecular formula is C15H21FN2O2S. The zero-order valence-electron chi connectivity index (χ0n) is 12.0. The molecule has 0 radical (unpaired) electrons. The Hall–Kier alpha value is -0.980. The molecule has 0 bridgehead atoms. The second-order valence-electron chi connectivity index (χ2n) is 5.87. The molecule has 1 aromatic carbocycles. The van der Waals surface area contributed by atoms with Gasteiger partial charge in [-0.2, -0.15) is 4.31 Å². The minimum Gasteiger partial charge on any atom is -0.314 e. The van der Waals surface area contributed by atoms with Crippen molar-refractivity contribution >= 4 is 10.0 Å². The number of piperidine rings is 1. The molecule has 0 saturated carbocycles. The predicted octanol–water partition coefficient (Wildman–Crippen LogP) is 1.98. The third-order valence-electron chi connectivity index (χ3n) is 4.62. The number of hydrogen-bond donors (Lipinski definition) is 1. The Kier molecular flexibility index (Phi) is 4.28. The molecule has 1 atom stereocenters. The number of hydrogen-bond acceptors (Lipinski definition) is 3. The van der Waals surface area contributed by atoms with Crippen LogP contribution in [0.15, 0.2) is 29.2 Å². The molecule has 6 heteroatoms. The molecule has 2 fully saturated rings. The number of halogens is 1. The van der Waals surface area contributed by atoms with E-state index in [0.717, 1.165) is 19.4 Å². The lowest BCUT2D eigenvalue weighted by molar-refractivity contribution is 0.233. The minimum atomic E-state index is -3.70. The second kappa shape index (κ2) is 6.02. The molecule has 0 aliphatic carbocycles. The largest absolute Gasteiger partial charge is 0.314 e. The number of rotatable bonds is 3. The van der Waals surface area contributed by atoms with Crippen molar-refractivity contribution in [2.24, 2.45) is 5.92 Å². The van der Waals surface area contributed by atoms with E-state index in [9.17, 15) is 12.8 Å². The van der Waals surface area contributed by atoms with Crippen molar-refractivity contribution in [1.29, 1.82) is 0 Å². The van der Waals surface area contributed by atoms with Gasteiger partial charge < -0.3 is 5.32 Å². The molecule has 4 nitrogen and oxygen atoms in total. The summed E-state index contributed by atoms with van der Waals surface area (Å²) in [7, 11) is -3.70. The van der Waals surface area contributed by atoms with Crippen LogP contribution in [0.4, 0.5) is 4.39 Å². The van der Waals surface area contributed by atoms with Crippen LogP contribution in [-0.4, -0.2) is 38.4 Å². The number of nitrogens with one attached hydrogen (secondary N) is 1. The van der Waals surface area contributed by atoms with Crippen molar-refractivity contribution in [3.8, 4) is 0 Å². The van der Waals surface area contributed by atoms with Crippen molar-refractivity contribution in [2.45, 2.75) is 36.6 Å². The summed E-state index contributed by atoms with van der Waals surface area (Å²) < 4.78 is 40.2. The molecule has 1 unspecified atom stereocenters. The maximum atomic E-state index is 13.7. The fourth-order valence-electron chi connectivity index (χ4n) is 3.43. The van der Waals surface area contributed by atoms with Crippen LogP contribution >= 0.6 is 0 Å². The van der Waals surface area contributed by atoms with Crippen molar-refractivity contribution in [1.82, 2.24) is 9.62 Å². The summed E-state index contributed by atoms with van der Waals surface area (Å²) in [4.78, 5) is -0.206. The van der Waals surface area contributed by atoms with Crippen LogP contribution in [0.5, 0.6) is 0 Å². The summed E-state index contributed by atoms with van der Waals surface area (Å²) in [5.74, 6) is -0.128. The van der Waals surface area contributed by atoms with Crippen LogP contribution in [0.25, 0.3) is 0 Å². The third-order valence-corrected chi connectivity index (χ3v) is 6.55. The molecule has 0 aromatic heterocycles. The number of benzene rings is 1. The van der Waals surface area contributed by atoms with Gasteiger partial charge in [0.25, 0.3) is 0 Å². The van der Waals surface area contributed by atoms with Gasteiger partial charge in [0.2, 0.25) is 10.0 Å². The van der Waals surface area contributed by atoms with Crippen molar-refractivity contribution < 1.29 is 12.8 Å². The summed E-state index contributed by atoms with van der Waals surface area (Å²) in [6, 6.07) is 6.14. The van der Waals surface area contributed by atoms with Gasteiger partial charge in [-0.15, -0.1) is 0 Å². The second-order valence-corrected chi connectivity index (χ2v) is 7.78. The number of sulfonamides is 1. The first-order valence-electron chi connectivity index (χ1n) is 7.57. The van der Waals surface area contributed by atoms with Gasteiger partial charge in [-0.1, -0.05) is 12.1 Å². The zero-order valence-corrected chi connectivity index (χ0v) is 12.8. The Labute approximate surface area is 125 Å². The molecular weight excluding hydrogens is 291 g/mol. The smallest absolute Gasteiger partial charge is 0.245 e. The van der Waals surface area contributed by atoms with Crippen LogP contribution in [-0.2, 0) is 10.0 Å². The Morgan fingerprint density at radius 1 is 1.14 bits per heavy atom. The molecule has 116 valence electrons. The van der Waals surface area contributed by atoms with Gasteiger partial charge in [0.1, 0.15) is 10.7 Å². The molecule has 0 amide bonds. The van der Waals surface area contributed by atoms with Crippen LogP contribution < -0.4 is 5.32 Å². The van der Waals surface area contributed by atoms with E-state index in [1.807, 2.05) is 0 Å². The zero-order chi connectivity index (χ0) is 14.9. The topological polar surface area (TPSA) is 49.4 Å². The van der Waals surface area contributed by atoms with E-state index >= 15 is 0 Å². The number of nitrogens with zero attached hydrogens (tertiary/aromatic N) is 1. The SMILES string of the molecule is O=S(=O)(c1ccccc1F)N1CCC(C2CCCN2)CC1. The lowest BCUT2D eigenvalue weighted by Gasteiger charge is -2.34. The lowest BCUT2D eigenvalue weighted by atomic mass is 9.89. The summed E-state index contributed by atoms with van der Waals surface area (Å²) in [5, 5.41) is 3.49. The molecule has 2 aliphatic heterocycles. The van der Waals surface area contributed by atoms with E-state index in [-0.39, 0.29) is 4.90 Å². The summed E-state index contributed by atoms with van der Waals surface area (Å²) in [6.07, 6.45) is 4.10. The van der Waals surface area contributed by atoms with Gasteiger partial charge >= 0.3 is 0 Å². The van der Waals surface area contributed by atoms with Crippen LogP contribution in [0.3, 0.4) is 0 Å². The van der Waals surface area contributed by atoms with Gasteiger partial charge in [-0.05, 0) is 50.3 Å². The van der Waals surface area contributed by atoms with E-state index in [1.54, 1.807) is 6.07 Å². The van der Waals surface area contributed by atoms with Gasteiger partial charge in [-0.3, -0.25) is 0 Å². The van der Waals surface area contributed by atoms with Crippen molar-refractivity contribution in [3.63, 3.8) is 0 Å². The van der Waals surface area contributed by atoms with E-state index < -0.39 is 15.8 Å². The maximum Gasteiger partial charge on any atom is 0.245 e. The Morgan fingerprint density at radius 2 is 1.86 bits per heavy atom. The standard InChI is InChI=1S/C15H21FN2O2S/c16-13-4-1-2-6-15(13)21(19,20)18-10-7-12(8-11-18)14-5-3-9-17-14/h1-2,4,6,12,14,17H,3,5,7-11H2. The first kappa shape index (κ1) is 14.9. The predicted molar refractivity (Wildman–Crippen MR) is 78.9 cm³/mol. The van der Waals surface area contributed by atoms with Crippen LogP contribution in [0.2, 0.25) is 0 Å². The average molecular weight is 312 g/mol. The van der Waals surface area contributed by atoms with Crippen molar-refractivity contribution in [2.75, 3.05) is 19.6 Å². The van der Waals surface area contributed by atoms with E-state index in [1.165, 1.54) is 35.3 Å². The molecule has 2 heterocycles. The summed E-state index contributed by atoms with van der Waals surface area (Å²) >= 11 is 0. The third kappa shape index (κ3) is 2.98. The van der Waals surface area contributed by atoms with Gasteiger partial charge in [0.15, 0.2) is 0 Å². The highest BCUT2D eigenvalue weighted by molar-refractivity contribution is 7.89. The Morgan fingerprint density at radius 3 is 2.48 bits per heavy atom. The van der Waals surface area contributed by atoms with E-state index in [4.69, 9.17) is 0 Å². The Balaban J connectivity index is 1.70. The minimum absolute atomic E-state index is 0.206.